The summed E-state index contributed by atoms with van der Waals surface area (Å²) in [6.45, 7) is 6.24. The lowest BCUT2D eigenvalue weighted by atomic mass is 10.1. The largest absolute Gasteiger partial charge is 0.522 e. The third-order valence-electron chi connectivity index (χ3n) is 3.57. The zero-order chi connectivity index (χ0) is 14.3. The predicted octanol–water partition coefficient (Wildman–Crippen LogP) is 1.27. The van der Waals surface area contributed by atoms with Crippen molar-refractivity contribution in [3.63, 3.8) is 0 Å². The standard InChI is InChI=1S/C12H24F3N3O/c1-2-11(3-4-16)18-7-5-17(6-8-18)9-10-19-12(13,14)15/h11H,2-10,16H2,1H3. The highest BCUT2D eigenvalue weighted by atomic mass is 19.4. The van der Waals surface area contributed by atoms with Crippen molar-refractivity contribution < 1.29 is 17.9 Å². The molecule has 2 N–H and O–H groups in total. The predicted molar refractivity (Wildman–Crippen MR) is 67.8 cm³/mol. The van der Waals surface area contributed by atoms with Gasteiger partial charge in [0.1, 0.15) is 0 Å². The summed E-state index contributed by atoms with van der Waals surface area (Å²) in [5.41, 5.74) is 5.59. The van der Waals surface area contributed by atoms with Gasteiger partial charge in [-0.2, -0.15) is 0 Å². The van der Waals surface area contributed by atoms with Crippen LogP contribution in [-0.2, 0) is 4.74 Å². The van der Waals surface area contributed by atoms with Gasteiger partial charge in [-0.05, 0) is 19.4 Å². The van der Waals surface area contributed by atoms with Gasteiger partial charge in [-0.1, -0.05) is 6.92 Å². The third kappa shape index (κ3) is 6.56. The fourth-order valence-electron chi connectivity index (χ4n) is 2.48. The van der Waals surface area contributed by atoms with Crippen LogP contribution in [0.3, 0.4) is 0 Å². The number of piperazine rings is 1. The molecular weight excluding hydrogens is 259 g/mol. The lowest BCUT2D eigenvalue weighted by Crippen LogP contribution is -2.51. The van der Waals surface area contributed by atoms with E-state index in [0.29, 0.717) is 19.1 Å². The third-order valence-corrected chi connectivity index (χ3v) is 3.57. The maximum Gasteiger partial charge on any atom is 0.522 e. The summed E-state index contributed by atoms with van der Waals surface area (Å²) in [5.74, 6) is 0. The zero-order valence-corrected chi connectivity index (χ0v) is 11.5. The lowest BCUT2D eigenvalue weighted by Gasteiger charge is -2.39. The van der Waals surface area contributed by atoms with Gasteiger partial charge < -0.3 is 5.73 Å². The van der Waals surface area contributed by atoms with E-state index >= 15 is 0 Å². The number of nitrogens with zero attached hydrogens (tertiary/aromatic N) is 2. The Labute approximate surface area is 112 Å². The van der Waals surface area contributed by atoms with Crippen LogP contribution in [0, 0.1) is 0 Å². The Hall–Kier alpha value is -0.370. The van der Waals surface area contributed by atoms with Crippen molar-refractivity contribution in [1.29, 1.82) is 0 Å². The first kappa shape index (κ1) is 16.7. The molecule has 0 bridgehead atoms. The van der Waals surface area contributed by atoms with Crippen molar-refractivity contribution in [2.24, 2.45) is 5.73 Å². The number of rotatable bonds is 7. The molecule has 1 unspecified atom stereocenters. The van der Waals surface area contributed by atoms with Crippen molar-refractivity contribution in [2.45, 2.75) is 32.2 Å². The zero-order valence-electron chi connectivity index (χ0n) is 11.5. The maximum absolute atomic E-state index is 11.8. The molecule has 7 heteroatoms. The summed E-state index contributed by atoms with van der Waals surface area (Å²) in [6.07, 6.45) is -2.47. The second-order valence-corrected chi connectivity index (χ2v) is 4.81. The molecule has 0 amide bonds. The molecule has 0 aromatic carbocycles. The van der Waals surface area contributed by atoms with E-state index < -0.39 is 6.36 Å². The highest BCUT2D eigenvalue weighted by Gasteiger charge is 2.29. The van der Waals surface area contributed by atoms with Crippen molar-refractivity contribution in [3.05, 3.63) is 0 Å². The minimum Gasteiger partial charge on any atom is -0.330 e. The van der Waals surface area contributed by atoms with E-state index in [2.05, 4.69) is 16.6 Å². The summed E-state index contributed by atoms with van der Waals surface area (Å²) >= 11 is 0. The second-order valence-electron chi connectivity index (χ2n) is 4.81. The number of halogens is 3. The van der Waals surface area contributed by atoms with Gasteiger partial charge in [-0.15, -0.1) is 13.2 Å². The Balaban J connectivity index is 2.21. The van der Waals surface area contributed by atoms with Gasteiger partial charge in [0.05, 0.1) is 6.61 Å². The Morgan fingerprint density at radius 1 is 1.21 bits per heavy atom. The first-order valence-corrected chi connectivity index (χ1v) is 6.83. The van der Waals surface area contributed by atoms with E-state index in [-0.39, 0.29) is 6.61 Å². The molecule has 1 heterocycles. The van der Waals surface area contributed by atoms with E-state index in [9.17, 15) is 13.2 Å². The minimum absolute atomic E-state index is 0.288. The average Bonchev–Trinajstić information content (AvgIpc) is 2.35. The number of hydrogen-bond donors (Lipinski definition) is 1. The van der Waals surface area contributed by atoms with Crippen molar-refractivity contribution in [2.75, 3.05) is 45.9 Å². The maximum atomic E-state index is 11.8. The smallest absolute Gasteiger partial charge is 0.330 e. The van der Waals surface area contributed by atoms with Crippen molar-refractivity contribution in [1.82, 2.24) is 9.80 Å². The quantitative estimate of drug-likeness (QED) is 0.764. The van der Waals surface area contributed by atoms with Crippen LogP contribution in [0.1, 0.15) is 19.8 Å². The van der Waals surface area contributed by atoms with E-state index in [1.54, 1.807) is 0 Å². The molecule has 0 saturated carbocycles. The van der Waals surface area contributed by atoms with Crippen LogP contribution in [0.5, 0.6) is 0 Å². The van der Waals surface area contributed by atoms with E-state index in [0.717, 1.165) is 39.0 Å². The molecule has 1 saturated heterocycles. The lowest BCUT2D eigenvalue weighted by molar-refractivity contribution is -0.325. The summed E-state index contributed by atoms with van der Waals surface area (Å²) in [4.78, 5) is 4.39. The second kappa shape index (κ2) is 8.04. The molecule has 0 aliphatic carbocycles. The monoisotopic (exact) mass is 283 g/mol. The summed E-state index contributed by atoms with van der Waals surface area (Å²) < 4.78 is 39.3. The average molecular weight is 283 g/mol. The SMILES string of the molecule is CCC(CCN)N1CCN(CCOC(F)(F)F)CC1. The summed E-state index contributed by atoms with van der Waals surface area (Å²) in [7, 11) is 0. The van der Waals surface area contributed by atoms with Crippen molar-refractivity contribution in [3.8, 4) is 0 Å². The van der Waals surface area contributed by atoms with Gasteiger partial charge in [-0.25, -0.2) is 0 Å². The molecule has 1 atom stereocenters. The van der Waals surface area contributed by atoms with Crippen LogP contribution in [0.15, 0.2) is 0 Å². The summed E-state index contributed by atoms with van der Waals surface area (Å²) in [5, 5.41) is 0. The van der Waals surface area contributed by atoms with E-state index in [1.807, 2.05) is 4.90 Å². The molecule has 1 fully saturated rings. The first-order chi connectivity index (χ1) is 8.96. The summed E-state index contributed by atoms with van der Waals surface area (Å²) in [6, 6.07) is 0.499. The van der Waals surface area contributed by atoms with E-state index in [4.69, 9.17) is 5.73 Å². The van der Waals surface area contributed by atoms with Gasteiger partial charge in [0.25, 0.3) is 0 Å². The number of alkyl halides is 3. The Morgan fingerprint density at radius 2 is 1.84 bits per heavy atom. The Bertz CT molecular complexity index is 243. The molecule has 0 aromatic rings. The molecule has 4 nitrogen and oxygen atoms in total. The number of hydrogen-bond acceptors (Lipinski definition) is 4. The van der Waals surface area contributed by atoms with Crippen LogP contribution in [-0.4, -0.2) is 68.1 Å². The van der Waals surface area contributed by atoms with E-state index in [1.165, 1.54) is 0 Å². The van der Waals surface area contributed by atoms with Crippen LogP contribution in [0.2, 0.25) is 0 Å². The molecule has 1 aliphatic rings. The molecule has 0 radical (unpaired) electrons. The van der Waals surface area contributed by atoms with Crippen LogP contribution >= 0.6 is 0 Å². The first-order valence-electron chi connectivity index (χ1n) is 6.83. The van der Waals surface area contributed by atoms with Gasteiger partial charge in [0, 0.05) is 38.8 Å². The highest BCUT2D eigenvalue weighted by Crippen LogP contribution is 2.16. The van der Waals surface area contributed by atoms with Crippen LogP contribution in [0.4, 0.5) is 13.2 Å². The fraction of sp³-hybridized carbons (Fsp3) is 1.00. The molecule has 19 heavy (non-hydrogen) atoms. The van der Waals surface area contributed by atoms with Gasteiger partial charge in [0.15, 0.2) is 0 Å². The van der Waals surface area contributed by atoms with Crippen LogP contribution < -0.4 is 5.73 Å². The molecule has 114 valence electrons. The number of nitrogens with two attached hydrogens (primary N) is 1. The number of ether oxygens (including phenoxy) is 1. The molecular formula is C12H24F3N3O. The van der Waals surface area contributed by atoms with Crippen LogP contribution in [0.25, 0.3) is 0 Å². The van der Waals surface area contributed by atoms with Gasteiger partial charge in [0.2, 0.25) is 0 Å². The highest BCUT2D eigenvalue weighted by molar-refractivity contribution is 4.78. The van der Waals surface area contributed by atoms with Gasteiger partial charge >= 0.3 is 6.36 Å². The van der Waals surface area contributed by atoms with Crippen molar-refractivity contribution >= 4 is 0 Å². The molecule has 0 spiro atoms. The molecule has 0 aromatic heterocycles. The topological polar surface area (TPSA) is 41.7 Å². The normalized spacial score (nSPS) is 20.7. The Kier molecular flexibility index (Phi) is 7.06. The minimum atomic E-state index is -4.52. The Morgan fingerprint density at radius 3 is 2.32 bits per heavy atom. The fourth-order valence-corrected chi connectivity index (χ4v) is 2.48. The van der Waals surface area contributed by atoms with Gasteiger partial charge in [-0.3, -0.25) is 14.5 Å². The molecule has 1 aliphatic heterocycles. The molecule has 1 rings (SSSR count).